The van der Waals surface area contributed by atoms with E-state index in [0.717, 1.165) is 18.6 Å². The van der Waals surface area contributed by atoms with Gasteiger partial charge in [-0.2, -0.15) is 13.2 Å². The Bertz CT molecular complexity index is 657. The molecule has 0 N–H and O–H groups in total. The van der Waals surface area contributed by atoms with Crippen molar-refractivity contribution in [1.82, 2.24) is 14.8 Å². The van der Waals surface area contributed by atoms with E-state index in [1.807, 2.05) is 0 Å². The average molecular weight is 354 g/mol. The van der Waals surface area contributed by atoms with Crippen molar-refractivity contribution < 1.29 is 17.6 Å². The number of aromatic nitrogens is 3. The van der Waals surface area contributed by atoms with Crippen LogP contribution in [-0.2, 0) is 13.2 Å². The number of thioether (sulfide) groups is 1. The maximum absolute atomic E-state index is 13.1. The summed E-state index contributed by atoms with van der Waals surface area (Å²) in [6.07, 6.45) is -3.92. The number of halogens is 5. The number of alkyl halides is 4. The second-order valence-corrected chi connectivity index (χ2v) is 5.88. The first-order chi connectivity index (χ1) is 10.3. The van der Waals surface area contributed by atoms with Crippen molar-refractivity contribution in [3.63, 3.8) is 0 Å². The van der Waals surface area contributed by atoms with Crippen LogP contribution in [0.3, 0.4) is 0 Å². The molecule has 0 saturated heterocycles. The van der Waals surface area contributed by atoms with Gasteiger partial charge in [-0.25, -0.2) is 4.39 Å². The number of hydrogen-bond donors (Lipinski definition) is 0. The molecule has 1 aromatic heterocycles. The third kappa shape index (κ3) is 3.73. The first-order valence-electron chi connectivity index (χ1n) is 6.30. The van der Waals surface area contributed by atoms with Gasteiger partial charge in [-0.05, 0) is 24.6 Å². The standard InChI is InChI=1S/C13H12ClF4N3S/c1-21-11(19-20-12(21)22-6-2-5-14)9-4-3-8(15)7-10(9)13(16,17)18/h3-4,7H,2,5-6H2,1H3. The Morgan fingerprint density at radius 3 is 2.64 bits per heavy atom. The van der Waals surface area contributed by atoms with E-state index in [1.54, 1.807) is 7.05 Å². The molecule has 0 radical (unpaired) electrons. The van der Waals surface area contributed by atoms with Gasteiger partial charge in [0.2, 0.25) is 0 Å². The molecule has 1 heterocycles. The highest BCUT2D eigenvalue weighted by Crippen LogP contribution is 2.37. The molecule has 9 heteroatoms. The molecular weight excluding hydrogens is 342 g/mol. The van der Waals surface area contributed by atoms with E-state index in [-0.39, 0.29) is 11.4 Å². The van der Waals surface area contributed by atoms with Crippen LogP contribution in [-0.4, -0.2) is 26.4 Å². The molecule has 0 fully saturated rings. The normalized spacial score (nSPS) is 11.9. The molecule has 2 rings (SSSR count). The summed E-state index contributed by atoms with van der Waals surface area (Å²) in [6, 6.07) is 2.50. The molecule has 0 spiro atoms. The molecule has 0 aliphatic heterocycles. The number of rotatable bonds is 5. The molecule has 3 nitrogen and oxygen atoms in total. The lowest BCUT2D eigenvalue weighted by molar-refractivity contribution is -0.137. The van der Waals surface area contributed by atoms with Gasteiger partial charge in [0, 0.05) is 24.2 Å². The summed E-state index contributed by atoms with van der Waals surface area (Å²) in [5, 5.41) is 8.17. The van der Waals surface area contributed by atoms with Crippen LogP contribution in [0.15, 0.2) is 23.4 Å². The highest BCUT2D eigenvalue weighted by Gasteiger charge is 2.35. The molecular formula is C13H12ClF4N3S. The second kappa shape index (κ2) is 6.87. The minimum absolute atomic E-state index is 0.0423. The first-order valence-corrected chi connectivity index (χ1v) is 7.82. The predicted molar refractivity (Wildman–Crippen MR) is 77.5 cm³/mol. The van der Waals surface area contributed by atoms with E-state index in [9.17, 15) is 17.6 Å². The molecule has 0 aliphatic rings. The third-order valence-electron chi connectivity index (χ3n) is 2.87. The Morgan fingerprint density at radius 1 is 1.27 bits per heavy atom. The SMILES string of the molecule is Cn1c(SCCCCl)nnc1-c1ccc(F)cc1C(F)(F)F. The molecule has 0 aliphatic carbocycles. The van der Waals surface area contributed by atoms with E-state index in [0.29, 0.717) is 22.9 Å². The molecule has 2 aromatic rings. The molecule has 0 unspecified atom stereocenters. The van der Waals surface area contributed by atoms with Crippen molar-refractivity contribution in [1.29, 1.82) is 0 Å². The van der Waals surface area contributed by atoms with E-state index >= 15 is 0 Å². The fourth-order valence-corrected chi connectivity index (χ4v) is 2.98. The van der Waals surface area contributed by atoms with Gasteiger partial charge in [-0.1, -0.05) is 11.8 Å². The lowest BCUT2D eigenvalue weighted by atomic mass is 10.1. The van der Waals surface area contributed by atoms with Crippen LogP contribution in [0.4, 0.5) is 17.6 Å². The molecule has 1 aromatic carbocycles. The van der Waals surface area contributed by atoms with Crippen LogP contribution in [0.25, 0.3) is 11.4 Å². The van der Waals surface area contributed by atoms with Crippen LogP contribution in [0.1, 0.15) is 12.0 Å². The lowest BCUT2D eigenvalue weighted by Crippen LogP contribution is -2.09. The molecule has 22 heavy (non-hydrogen) atoms. The molecule has 0 amide bonds. The van der Waals surface area contributed by atoms with Crippen molar-refractivity contribution >= 4 is 23.4 Å². The first kappa shape index (κ1) is 17.1. The summed E-state index contributed by atoms with van der Waals surface area (Å²) in [5.41, 5.74) is -1.27. The quantitative estimate of drug-likeness (QED) is 0.346. The summed E-state index contributed by atoms with van der Waals surface area (Å²) >= 11 is 6.93. The summed E-state index contributed by atoms with van der Waals surface area (Å²) in [4.78, 5) is 0. The molecule has 120 valence electrons. The van der Waals surface area contributed by atoms with E-state index in [2.05, 4.69) is 10.2 Å². The number of nitrogens with zero attached hydrogens (tertiary/aromatic N) is 3. The van der Waals surface area contributed by atoms with Gasteiger partial charge in [0.1, 0.15) is 5.82 Å². The molecule has 0 saturated carbocycles. The van der Waals surface area contributed by atoms with Gasteiger partial charge >= 0.3 is 6.18 Å². The second-order valence-electron chi connectivity index (χ2n) is 4.44. The summed E-state index contributed by atoms with van der Waals surface area (Å²) in [5.74, 6) is 0.273. The molecule has 0 bridgehead atoms. The Morgan fingerprint density at radius 2 is 2.00 bits per heavy atom. The van der Waals surface area contributed by atoms with Gasteiger partial charge in [0.25, 0.3) is 0 Å². The Labute approximate surface area is 133 Å². The van der Waals surface area contributed by atoms with Crippen molar-refractivity contribution in [3.05, 3.63) is 29.6 Å². The minimum Gasteiger partial charge on any atom is -0.305 e. The largest absolute Gasteiger partial charge is 0.417 e. The summed E-state index contributed by atoms with van der Waals surface area (Å²) in [6.45, 7) is 0. The topological polar surface area (TPSA) is 30.7 Å². The van der Waals surface area contributed by atoms with Crippen LogP contribution >= 0.6 is 23.4 Å². The number of benzene rings is 1. The Hall–Kier alpha value is -1.28. The van der Waals surface area contributed by atoms with E-state index < -0.39 is 17.6 Å². The number of hydrogen-bond acceptors (Lipinski definition) is 3. The Balaban J connectivity index is 2.41. The zero-order valence-electron chi connectivity index (χ0n) is 11.5. The van der Waals surface area contributed by atoms with Crippen molar-refractivity contribution in [2.45, 2.75) is 17.8 Å². The van der Waals surface area contributed by atoms with Crippen LogP contribution in [0.2, 0.25) is 0 Å². The van der Waals surface area contributed by atoms with Gasteiger partial charge in [0.15, 0.2) is 11.0 Å². The minimum atomic E-state index is -4.67. The van der Waals surface area contributed by atoms with Crippen molar-refractivity contribution in [2.75, 3.05) is 11.6 Å². The maximum Gasteiger partial charge on any atom is 0.417 e. The van der Waals surface area contributed by atoms with Crippen LogP contribution in [0, 0.1) is 5.82 Å². The lowest BCUT2D eigenvalue weighted by Gasteiger charge is -2.12. The van der Waals surface area contributed by atoms with Crippen LogP contribution in [0.5, 0.6) is 0 Å². The predicted octanol–water partition coefficient (Wildman–Crippen LogP) is 4.36. The zero-order valence-corrected chi connectivity index (χ0v) is 13.1. The highest BCUT2D eigenvalue weighted by atomic mass is 35.5. The molecule has 0 atom stereocenters. The van der Waals surface area contributed by atoms with Crippen molar-refractivity contribution in [3.8, 4) is 11.4 Å². The van der Waals surface area contributed by atoms with Gasteiger partial charge in [-0.3, -0.25) is 0 Å². The smallest absolute Gasteiger partial charge is 0.305 e. The Kier molecular flexibility index (Phi) is 5.33. The highest BCUT2D eigenvalue weighted by molar-refractivity contribution is 7.99. The fourth-order valence-electron chi connectivity index (χ4n) is 1.84. The van der Waals surface area contributed by atoms with Crippen LogP contribution < -0.4 is 0 Å². The zero-order chi connectivity index (χ0) is 16.3. The van der Waals surface area contributed by atoms with Crippen molar-refractivity contribution in [2.24, 2.45) is 7.05 Å². The van der Waals surface area contributed by atoms with Gasteiger partial charge in [0.05, 0.1) is 5.56 Å². The van der Waals surface area contributed by atoms with Gasteiger partial charge in [-0.15, -0.1) is 21.8 Å². The summed E-state index contributed by atoms with van der Waals surface area (Å²) in [7, 11) is 1.57. The van der Waals surface area contributed by atoms with Gasteiger partial charge < -0.3 is 4.57 Å². The fraction of sp³-hybridized carbons (Fsp3) is 0.385. The summed E-state index contributed by atoms with van der Waals surface area (Å²) < 4.78 is 53.8. The average Bonchev–Trinajstić information content (AvgIpc) is 2.80. The monoisotopic (exact) mass is 353 g/mol. The third-order valence-corrected chi connectivity index (χ3v) is 4.25. The van der Waals surface area contributed by atoms with E-state index in [1.165, 1.54) is 16.3 Å². The maximum atomic E-state index is 13.1. The van der Waals surface area contributed by atoms with E-state index in [4.69, 9.17) is 11.6 Å².